The molecule has 0 spiro atoms. The van der Waals surface area contributed by atoms with Crippen molar-refractivity contribution in [3.63, 3.8) is 0 Å². The molecule has 0 aromatic heterocycles. The van der Waals surface area contributed by atoms with E-state index in [0.29, 0.717) is 25.8 Å². The summed E-state index contributed by atoms with van der Waals surface area (Å²) in [6.07, 6.45) is 3.14. The smallest absolute Gasteiger partial charge is 0.226 e. The Morgan fingerprint density at radius 2 is 2.33 bits per heavy atom. The Bertz CT molecular complexity index is 304. The van der Waals surface area contributed by atoms with E-state index in [0.717, 1.165) is 0 Å². The predicted molar refractivity (Wildman–Crippen MR) is 53.7 cm³/mol. The van der Waals surface area contributed by atoms with E-state index in [1.54, 1.807) is 11.8 Å². The molecule has 1 saturated carbocycles. The van der Waals surface area contributed by atoms with Gasteiger partial charge in [-0.2, -0.15) is 0 Å². The zero-order chi connectivity index (χ0) is 11.1. The molecule has 2 aliphatic rings. The molecule has 1 heterocycles. The molecule has 1 N–H and O–H groups in total. The summed E-state index contributed by atoms with van der Waals surface area (Å²) < 4.78 is 12.9. The summed E-state index contributed by atoms with van der Waals surface area (Å²) in [6, 6.07) is 0. The largest absolute Gasteiger partial charge is 0.390 e. The highest BCUT2D eigenvalue weighted by Gasteiger charge is 2.44. The first-order chi connectivity index (χ1) is 6.98. The van der Waals surface area contributed by atoms with Gasteiger partial charge in [0, 0.05) is 12.5 Å². The van der Waals surface area contributed by atoms with E-state index < -0.39 is 5.60 Å². The van der Waals surface area contributed by atoms with Crippen LogP contribution < -0.4 is 0 Å². The number of carbonyl (C=O) groups is 1. The molecule has 3 nitrogen and oxygen atoms in total. The Morgan fingerprint density at radius 3 is 2.87 bits per heavy atom. The van der Waals surface area contributed by atoms with Crippen molar-refractivity contribution in [1.29, 1.82) is 0 Å². The summed E-state index contributed by atoms with van der Waals surface area (Å²) in [6.45, 7) is 2.44. The lowest BCUT2D eigenvalue weighted by molar-refractivity contribution is -0.149. The Labute approximate surface area is 88.6 Å². The minimum Gasteiger partial charge on any atom is -0.390 e. The van der Waals surface area contributed by atoms with Crippen molar-refractivity contribution >= 4 is 5.91 Å². The Hall–Kier alpha value is -0.900. The fourth-order valence-electron chi connectivity index (χ4n) is 2.33. The van der Waals surface area contributed by atoms with Crippen LogP contribution in [-0.4, -0.2) is 34.6 Å². The highest BCUT2D eigenvalue weighted by Crippen LogP contribution is 2.38. The molecule has 1 amide bonds. The molecule has 15 heavy (non-hydrogen) atoms. The highest BCUT2D eigenvalue weighted by atomic mass is 19.1. The van der Waals surface area contributed by atoms with Gasteiger partial charge in [-0.15, -0.1) is 0 Å². The fraction of sp³-hybridized carbons (Fsp3) is 0.727. The summed E-state index contributed by atoms with van der Waals surface area (Å²) in [7, 11) is 0. The van der Waals surface area contributed by atoms with Gasteiger partial charge in [-0.3, -0.25) is 4.79 Å². The van der Waals surface area contributed by atoms with Crippen molar-refractivity contribution in [2.75, 3.05) is 13.1 Å². The number of rotatable bonds is 1. The maximum absolute atomic E-state index is 12.9. The third-order valence-corrected chi connectivity index (χ3v) is 3.14. The zero-order valence-electron chi connectivity index (χ0n) is 8.87. The molecule has 1 aliphatic carbocycles. The number of halogens is 1. The first kappa shape index (κ1) is 10.6. The molecule has 1 aliphatic heterocycles. The van der Waals surface area contributed by atoms with E-state index in [4.69, 9.17) is 0 Å². The molecule has 0 saturated heterocycles. The Balaban J connectivity index is 1.90. The topological polar surface area (TPSA) is 40.5 Å². The van der Waals surface area contributed by atoms with Crippen LogP contribution in [0.3, 0.4) is 0 Å². The molecule has 84 valence electrons. The molecule has 0 unspecified atom stereocenters. The van der Waals surface area contributed by atoms with Crippen molar-refractivity contribution in [1.82, 2.24) is 4.90 Å². The number of amides is 1. The monoisotopic (exact) mass is 213 g/mol. The second kappa shape index (κ2) is 3.59. The Morgan fingerprint density at radius 1 is 1.67 bits per heavy atom. The van der Waals surface area contributed by atoms with Gasteiger partial charge in [-0.25, -0.2) is 4.39 Å². The summed E-state index contributed by atoms with van der Waals surface area (Å²) in [4.78, 5) is 13.4. The van der Waals surface area contributed by atoms with E-state index in [-0.39, 0.29) is 24.2 Å². The van der Waals surface area contributed by atoms with Crippen molar-refractivity contribution in [2.24, 2.45) is 5.92 Å². The van der Waals surface area contributed by atoms with Crippen LogP contribution in [0.2, 0.25) is 0 Å². The van der Waals surface area contributed by atoms with Crippen molar-refractivity contribution in [2.45, 2.75) is 31.8 Å². The van der Waals surface area contributed by atoms with Crippen LogP contribution in [0.25, 0.3) is 0 Å². The van der Waals surface area contributed by atoms with Crippen molar-refractivity contribution < 1.29 is 14.3 Å². The second-order valence-corrected chi connectivity index (χ2v) is 4.80. The van der Waals surface area contributed by atoms with Crippen LogP contribution in [0.1, 0.15) is 26.2 Å². The molecular weight excluding hydrogens is 197 g/mol. The van der Waals surface area contributed by atoms with Gasteiger partial charge in [0.15, 0.2) is 0 Å². The van der Waals surface area contributed by atoms with E-state index in [1.165, 1.54) is 6.08 Å². The number of hydrogen-bond donors (Lipinski definition) is 1. The quantitative estimate of drug-likeness (QED) is 0.711. The number of aliphatic hydroxyl groups is 1. The maximum atomic E-state index is 12.9. The second-order valence-electron chi connectivity index (χ2n) is 4.80. The van der Waals surface area contributed by atoms with E-state index in [2.05, 4.69) is 0 Å². The standard InChI is InChI=1S/C11H16FNO2/c1-11(15)5-8(6-11)10(14)13-4-2-3-9(12)7-13/h3,8,15H,2,4-7H2,1H3. The normalized spacial score (nSPS) is 35.8. The van der Waals surface area contributed by atoms with Crippen LogP contribution in [0, 0.1) is 5.92 Å². The van der Waals surface area contributed by atoms with Crippen LogP contribution >= 0.6 is 0 Å². The average molecular weight is 213 g/mol. The van der Waals surface area contributed by atoms with Crippen molar-refractivity contribution in [3.05, 3.63) is 11.9 Å². The highest BCUT2D eigenvalue weighted by molar-refractivity contribution is 5.80. The summed E-state index contributed by atoms with van der Waals surface area (Å²) in [5, 5.41) is 9.53. The van der Waals surface area contributed by atoms with Gasteiger partial charge in [-0.1, -0.05) is 0 Å². The minimum atomic E-state index is -0.690. The van der Waals surface area contributed by atoms with Gasteiger partial charge in [0.2, 0.25) is 5.91 Å². The lowest BCUT2D eigenvalue weighted by atomic mass is 9.71. The van der Waals surface area contributed by atoms with Gasteiger partial charge in [0.1, 0.15) is 5.83 Å². The van der Waals surface area contributed by atoms with E-state index in [9.17, 15) is 14.3 Å². The fourth-order valence-corrected chi connectivity index (χ4v) is 2.33. The molecule has 0 atom stereocenters. The SMILES string of the molecule is CC1(O)CC(C(=O)N2CCC=C(F)C2)C1. The van der Waals surface area contributed by atoms with Gasteiger partial charge in [-0.05, 0) is 32.3 Å². The summed E-state index contributed by atoms with van der Waals surface area (Å²) in [5.74, 6) is -0.337. The van der Waals surface area contributed by atoms with Crippen LogP contribution in [-0.2, 0) is 4.79 Å². The molecule has 0 aromatic carbocycles. The van der Waals surface area contributed by atoms with Crippen LogP contribution in [0.15, 0.2) is 11.9 Å². The van der Waals surface area contributed by atoms with Gasteiger partial charge in [0.05, 0.1) is 12.1 Å². The lowest BCUT2D eigenvalue weighted by Crippen LogP contribution is -2.50. The third-order valence-electron chi connectivity index (χ3n) is 3.14. The molecule has 0 bridgehead atoms. The maximum Gasteiger partial charge on any atom is 0.226 e. The first-order valence-corrected chi connectivity index (χ1v) is 5.34. The van der Waals surface area contributed by atoms with Crippen LogP contribution in [0.4, 0.5) is 4.39 Å². The molecule has 4 heteroatoms. The first-order valence-electron chi connectivity index (χ1n) is 5.34. The average Bonchev–Trinajstić information content (AvgIpc) is 2.13. The van der Waals surface area contributed by atoms with Gasteiger partial charge in [0.25, 0.3) is 0 Å². The van der Waals surface area contributed by atoms with Crippen LogP contribution in [0.5, 0.6) is 0 Å². The molecule has 0 radical (unpaired) electrons. The molecule has 1 fully saturated rings. The van der Waals surface area contributed by atoms with E-state index in [1.807, 2.05) is 0 Å². The number of nitrogens with zero attached hydrogens (tertiary/aromatic N) is 1. The van der Waals surface area contributed by atoms with Gasteiger partial charge >= 0.3 is 0 Å². The number of hydrogen-bond acceptors (Lipinski definition) is 2. The Kier molecular flexibility index (Phi) is 2.54. The zero-order valence-corrected chi connectivity index (χ0v) is 8.87. The molecule has 2 rings (SSSR count). The summed E-state index contributed by atoms with van der Waals surface area (Å²) in [5.41, 5.74) is -0.690. The molecular formula is C11H16FNO2. The number of carbonyl (C=O) groups excluding carboxylic acids is 1. The minimum absolute atomic E-state index is 0.00947. The molecule has 0 aromatic rings. The van der Waals surface area contributed by atoms with Crippen molar-refractivity contribution in [3.8, 4) is 0 Å². The van der Waals surface area contributed by atoms with Gasteiger partial charge < -0.3 is 10.0 Å². The predicted octanol–water partition coefficient (Wildman–Crippen LogP) is 1.23. The third kappa shape index (κ3) is 2.20. The summed E-state index contributed by atoms with van der Waals surface area (Å²) >= 11 is 0. The van der Waals surface area contributed by atoms with E-state index >= 15 is 0 Å². The lowest BCUT2D eigenvalue weighted by Gasteiger charge is -2.42.